The van der Waals surface area contributed by atoms with Crippen LogP contribution in [0.4, 0.5) is 10.5 Å². The maximum absolute atomic E-state index is 12.9. The van der Waals surface area contributed by atoms with Crippen molar-refractivity contribution in [1.29, 1.82) is 0 Å². The van der Waals surface area contributed by atoms with E-state index in [9.17, 15) is 14.4 Å². The van der Waals surface area contributed by atoms with Gasteiger partial charge in [0.15, 0.2) is 0 Å². The molecule has 154 valence electrons. The first-order valence-electron chi connectivity index (χ1n) is 9.16. The van der Waals surface area contributed by atoms with Crippen LogP contribution in [0.3, 0.4) is 0 Å². The van der Waals surface area contributed by atoms with Crippen LogP contribution >= 0.6 is 11.8 Å². The third kappa shape index (κ3) is 6.44. The molecular formula is C20H29N3O4S. The smallest absolute Gasteiger partial charge is 0.412 e. The fourth-order valence-corrected chi connectivity index (χ4v) is 3.75. The van der Waals surface area contributed by atoms with Crippen molar-refractivity contribution >= 4 is 35.4 Å². The molecule has 0 aliphatic carbocycles. The molecule has 1 heterocycles. The van der Waals surface area contributed by atoms with Crippen LogP contribution in [0.2, 0.25) is 0 Å². The number of benzene rings is 1. The lowest BCUT2D eigenvalue weighted by Crippen LogP contribution is -2.52. The third-order valence-corrected chi connectivity index (χ3v) is 4.73. The van der Waals surface area contributed by atoms with Crippen molar-refractivity contribution in [3.63, 3.8) is 0 Å². The molecule has 1 atom stereocenters. The Labute approximate surface area is 170 Å². The summed E-state index contributed by atoms with van der Waals surface area (Å²) in [5.41, 5.74) is 0.0544. The van der Waals surface area contributed by atoms with E-state index >= 15 is 0 Å². The van der Waals surface area contributed by atoms with Gasteiger partial charge < -0.3 is 15.0 Å². The molecule has 3 amide bonds. The highest BCUT2D eigenvalue weighted by molar-refractivity contribution is 7.99. The lowest BCUT2D eigenvalue weighted by molar-refractivity contribution is -0.125. The van der Waals surface area contributed by atoms with Crippen LogP contribution < -0.4 is 10.6 Å². The van der Waals surface area contributed by atoms with Gasteiger partial charge in [-0.15, -0.1) is 11.8 Å². The molecule has 0 aromatic heterocycles. The molecule has 1 fully saturated rings. The molecule has 0 bridgehead atoms. The molecule has 7 nitrogen and oxygen atoms in total. The van der Waals surface area contributed by atoms with Gasteiger partial charge in [-0.05, 0) is 65.8 Å². The van der Waals surface area contributed by atoms with Gasteiger partial charge in [-0.3, -0.25) is 14.9 Å². The van der Waals surface area contributed by atoms with E-state index in [0.29, 0.717) is 22.9 Å². The topological polar surface area (TPSA) is 87.7 Å². The Morgan fingerprint density at radius 1 is 1.07 bits per heavy atom. The van der Waals surface area contributed by atoms with Gasteiger partial charge in [-0.25, -0.2) is 4.79 Å². The summed E-state index contributed by atoms with van der Waals surface area (Å²) in [6.45, 7) is 11.1. The van der Waals surface area contributed by atoms with Crippen LogP contribution in [-0.4, -0.2) is 51.6 Å². The second-order valence-corrected chi connectivity index (χ2v) is 9.73. The minimum atomic E-state index is -0.587. The predicted octanol–water partition coefficient (Wildman–Crippen LogP) is 3.46. The summed E-state index contributed by atoms with van der Waals surface area (Å²) in [4.78, 5) is 38.8. The van der Waals surface area contributed by atoms with Gasteiger partial charge in [0.1, 0.15) is 11.6 Å². The Balaban J connectivity index is 2.03. The zero-order valence-corrected chi connectivity index (χ0v) is 18.1. The molecule has 8 heteroatoms. The molecule has 28 heavy (non-hydrogen) atoms. The molecule has 1 aliphatic heterocycles. The Bertz CT molecular complexity index is 735. The first kappa shape index (κ1) is 22.1. The summed E-state index contributed by atoms with van der Waals surface area (Å²) in [6, 6.07) is 6.07. The summed E-state index contributed by atoms with van der Waals surface area (Å²) >= 11 is 1.56. The molecule has 2 N–H and O–H groups in total. The summed E-state index contributed by atoms with van der Waals surface area (Å²) in [5, 5.41) is 5.57. The molecular weight excluding hydrogens is 378 g/mol. The van der Waals surface area contributed by atoms with E-state index in [1.54, 1.807) is 61.7 Å². The number of carbonyl (C=O) groups excluding carboxylic acids is 3. The number of rotatable bonds is 3. The molecule has 2 rings (SSSR count). The fourth-order valence-electron chi connectivity index (χ4n) is 2.60. The Morgan fingerprint density at radius 2 is 1.68 bits per heavy atom. The SMILES string of the molecule is CC(C)(C)NC(=O)C1CSCN1C(=O)c1ccc(NC(=O)OC(C)(C)C)cc1. The lowest BCUT2D eigenvalue weighted by atomic mass is 10.1. The van der Waals surface area contributed by atoms with Gasteiger partial charge in [0.25, 0.3) is 5.91 Å². The second kappa shape index (κ2) is 8.43. The number of nitrogens with zero attached hydrogens (tertiary/aromatic N) is 1. The number of carbonyl (C=O) groups is 3. The summed E-state index contributed by atoms with van der Waals surface area (Å²) in [7, 11) is 0. The molecule has 1 aromatic rings. The van der Waals surface area contributed by atoms with Gasteiger partial charge in [-0.1, -0.05) is 0 Å². The second-order valence-electron chi connectivity index (χ2n) is 8.73. The van der Waals surface area contributed by atoms with Crippen molar-refractivity contribution in [1.82, 2.24) is 10.2 Å². The summed E-state index contributed by atoms with van der Waals surface area (Å²) in [6.07, 6.45) is -0.554. The zero-order valence-electron chi connectivity index (χ0n) is 17.3. The largest absolute Gasteiger partial charge is 0.444 e. The molecule has 0 saturated carbocycles. The highest BCUT2D eigenvalue weighted by Gasteiger charge is 2.36. The van der Waals surface area contributed by atoms with Gasteiger partial charge >= 0.3 is 6.09 Å². The van der Waals surface area contributed by atoms with Crippen LogP contribution in [0.25, 0.3) is 0 Å². The van der Waals surface area contributed by atoms with Gasteiger partial charge in [0.2, 0.25) is 5.91 Å². The number of hydrogen-bond donors (Lipinski definition) is 2. The van der Waals surface area contributed by atoms with Gasteiger partial charge in [0, 0.05) is 22.5 Å². The molecule has 0 radical (unpaired) electrons. The van der Waals surface area contributed by atoms with E-state index in [-0.39, 0.29) is 17.4 Å². The molecule has 1 aromatic carbocycles. The average Bonchev–Trinajstić information content (AvgIpc) is 3.01. The van der Waals surface area contributed by atoms with Crippen molar-refractivity contribution < 1.29 is 19.1 Å². The number of nitrogens with one attached hydrogen (secondary N) is 2. The van der Waals surface area contributed by atoms with Crippen LogP contribution in [0.1, 0.15) is 51.9 Å². The number of thioether (sulfide) groups is 1. The van der Waals surface area contributed by atoms with Crippen molar-refractivity contribution in [2.75, 3.05) is 16.9 Å². The minimum Gasteiger partial charge on any atom is -0.444 e. The summed E-state index contributed by atoms with van der Waals surface area (Å²) < 4.78 is 5.21. The number of hydrogen-bond acceptors (Lipinski definition) is 5. The molecule has 0 spiro atoms. The van der Waals surface area contributed by atoms with E-state index in [4.69, 9.17) is 4.74 Å². The monoisotopic (exact) mass is 407 g/mol. The Kier molecular flexibility index (Phi) is 6.64. The normalized spacial score (nSPS) is 17.2. The van der Waals surface area contributed by atoms with Crippen LogP contribution in [0.5, 0.6) is 0 Å². The Morgan fingerprint density at radius 3 is 2.21 bits per heavy atom. The number of amides is 3. The molecule has 1 aliphatic rings. The van der Waals surface area contributed by atoms with E-state index < -0.39 is 17.7 Å². The third-order valence-electron chi connectivity index (χ3n) is 3.72. The maximum Gasteiger partial charge on any atom is 0.412 e. The number of anilines is 1. The quantitative estimate of drug-likeness (QED) is 0.801. The van der Waals surface area contributed by atoms with E-state index in [1.807, 2.05) is 20.8 Å². The van der Waals surface area contributed by atoms with E-state index in [1.165, 1.54) is 0 Å². The van der Waals surface area contributed by atoms with E-state index in [2.05, 4.69) is 10.6 Å². The fraction of sp³-hybridized carbons (Fsp3) is 0.550. The minimum absolute atomic E-state index is 0.144. The van der Waals surface area contributed by atoms with Crippen molar-refractivity contribution in [3.8, 4) is 0 Å². The van der Waals surface area contributed by atoms with Crippen LogP contribution in [-0.2, 0) is 9.53 Å². The standard InChI is InChI=1S/C20H29N3O4S/c1-19(2,3)22-16(24)15-11-28-12-23(15)17(25)13-7-9-14(10-8-13)21-18(26)27-20(4,5)6/h7-10,15H,11-12H2,1-6H3,(H,21,26)(H,22,24). The highest BCUT2D eigenvalue weighted by Crippen LogP contribution is 2.24. The Hall–Kier alpha value is -2.22. The van der Waals surface area contributed by atoms with Crippen molar-refractivity contribution in [2.45, 2.75) is 58.7 Å². The highest BCUT2D eigenvalue weighted by atomic mass is 32.2. The van der Waals surface area contributed by atoms with E-state index in [0.717, 1.165) is 0 Å². The predicted molar refractivity (Wildman–Crippen MR) is 111 cm³/mol. The first-order chi connectivity index (χ1) is 12.9. The average molecular weight is 408 g/mol. The van der Waals surface area contributed by atoms with Crippen molar-refractivity contribution in [2.24, 2.45) is 0 Å². The lowest BCUT2D eigenvalue weighted by Gasteiger charge is -2.27. The molecule has 1 saturated heterocycles. The maximum atomic E-state index is 12.9. The van der Waals surface area contributed by atoms with Crippen LogP contribution in [0, 0.1) is 0 Å². The zero-order chi connectivity index (χ0) is 21.1. The van der Waals surface area contributed by atoms with Crippen LogP contribution in [0.15, 0.2) is 24.3 Å². The summed E-state index contributed by atoms with van der Waals surface area (Å²) in [5.74, 6) is 0.696. The van der Waals surface area contributed by atoms with Gasteiger partial charge in [-0.2, -0.15) is 0 Å². The first-order valence-corrected chi connectivity index (χ1v) is 10.3. The van der Waals surface area contributed by atoms with Gasteiger partial charge in [0.05, 0.1) is 5.88 Å². The number of ether oxygens (including phenoxy) is 1. The van der Waals surface area contributed by atoms with Crippen molar-refractivity contribution in [3.05, 3.63) is 29.8 Å². The molecule has 1 unspecified atom stereocenters.